The van der Waals surface area contributed by atoms with E-state index in [1.54, 1.807) is 52.5 Å². The Kier molecular flexibility index (Phi) is 18.0. The Morgan fingerprint density at radius 3 is 1.44 bits per heavy atom. The molecule has 6 aliphatic rings. The molecule has 4 radical (unpaired) electrons. The number of carbonyl (C=O) groups is 6. The van der Waals surface area contributed by atoms with Crippen LogP contribution < -0.4 is 34.7 Å². The molecule has 0 unspecified atom stereocenters. The Balaban J connectivity index is 0.000000162. The van der Waals surface area contributed by atoms with Crippen molar-refractivity contribution in [2.45, 2.75) is 93.6 Å². The van der Waals surface area contributed by atoms with Gasteiger partial charge in [-0.15, -0.1) is 22.7 Å². The van der Waals surface area contributed by atoms with Gasteiger partial charge in [-0.05, 0) is 45.4 Å². The summed E-state index contributed by atoms with van der Waals surface area (Å²) in [5, 5.41) is 41.2. The van der Waals surface area contributed by atoms with Crippen LogP contribution in [0.15, 0.2) is 87.4 Å². The van der Waals surface area contributed by atoms with Gasteiger partial charge in [-0.3, -0.25) is 24.4 Å². The molecule has 4 aromatic rings. The van der Waals surface area contributed by atoms with Gasteiger partial charge in [0.15, 0.2) is 8.68 Å². The maximum Gasteiger partial charge on any atom is 1.00 e. The smallest absolute Gasteiger partial charge is 0.543 e. The Labute approximate surface area is 462 Å². The second kappa shape index (κ2) is 23.1. The molecule has 0 saturated carbocycles. The summed E-state index contributed by atoms with van der Waals surface area (Å²) in [4.78, 5) is 95.6. The minimum absolute atomic E-state index is 0. The third-order valence-electron chi connectivity index (χ3n) is 13.4. The van der Waals surface area contributed by atoms with Crippen molar-refractivity contribution in [1.82, 2.24) is 34.6 Å². The van der Waals surface area contributed by atoms with Crippen LogP contribution in [-0.4, -0.2) is 138 Å². The van der Waals surface area contributed by atoms with E-state index in [-0.39, 0.29) is 117 Å². The predicted octanol–water partition coefficient (Wildman–Crippen LogP) is 0.920. The van der Waals surface area contributed by atoms with Gasteiger partial charge in [0.1, 0.15) is 22.4 Å². The molecule has 4 aromatic heterocycles. The molecule has 0 aromatic carbocycles. The van der Waals surface area contributed by atoms with Crippen LogP contribution in [0, 0.1) is 35.5 Å². The van der Waals surface area contributed by atoms with Crippen molar-refractivity contribution >= 4 is 135 Å². The van der Waals surface area contributed by atoms with Crippen LogP contribution in [0.4, 0.5) is 0 Å². The van der Waals surface area contributed by atoms with E-state index in [1.807, 2.05) is 32.9 Å². The van der Waals surface area contributed by atoms with E-state index < -0.39 is 54.0 Å². The SMILES string of the molecule is C[C@@H](O)[C@H]1C(=O)N2C(C(=O)[O-])=C(Sc3nc4cnccc4s3)[C@H](C)[C@H]12.[B]N=POC(=O)C1=C(C)[C@H](C)[C@@H]2[C@@H]([C@@H](C)O)C(=O)N12.[B]N=POC(=O)C1=C(Sc2nc3cnccc3s2)[C@H](C)[C@@H]2[C@@H]([C@@H](C)O)C(=O)N12.[Na+]. The monoisotopic (exact) mass is 1110 g/mol. The van der Waals surface area contributed by atoms with Crippen molar-refractivity contribution in [3.8, 4) is 0 Å². The van der Waals surface area contributed by atoms with Gasteiger partial charge in [0.25, 0.3) is 16.0 Å². The Hall–Kier alpha value is -3.97. The summed E-state index contributed by atoms with van der Waals surface area (Å²) in [5.74, 6) is -5.48. The summed E-state index contributed by atoms with van der Waals surface area (Å²) in [6.07, 6.45) is 4.36. The molecule has 372 valence electrons. The van der Waals surface area contributed by atoms with Crippen molar-refractivity contribution in [2.75, 3.05) is 0 Å². The van der Waals surface area contributed by atoms with E-state index >= 15 is 0 Å². The number of aliphatic hydroxyl groups is 3. The van der Waals surface area contributed by atoms with Gasteiger partial charge >= 0.3 is 41.5 Å². The van der Waals surface area contributed by atoms with Gasteiger partial charge < -0.3 is 58.3 Å². The summed E-state index contributed by atoms with van der Waals surface area (Å²) in [6.45, 7) is 12.3. The van der Waals surface area contributed by atoms with Crippen LogP contribution in [0.2, 0.25) is 0 Å². The molecule has 3 saturated heterocycles. The van der Waals surface area contributed by atoms with E-state index in [2.05, 4.69) is 29.2 Å². The molecule has 3 N–H and O–H groups in total. The van der Waals surface area contributed by atoms with Crippen LogP contribution in [0.3, 0.4) is 0 Å². The van der Waals surface area contributed by atoms with Crippen LogP contribution in [0.5, 0.6) is 0 Å². The van der Waals surface area contributed by atoms with Gasteiger partial charge in [0, 0.05) is 40.0 Å². The van der Waals surface area contributed by atoms with Crippen molar-refractivity contribution in [3.63, 3.8) is 0 Å². The van der Waals surface area contributed by atoms with Gasteiger partial charge in [-0.25, -0.2) is 19.6 Å². The summed E-state index contributed by atoms with van der Waals surface area (Å²) < 4.78 is 19.7. The van der Waals surface area contributed by atoms with Gasteiger partial charge in [-0.2, -0.15) is 0 Å². The Morgan fingerprint density at radius 2 is 1.05 bits per heavy atom. The fraction of sp³-hybridized carbons (Fsp3) is 0.442. The van der Waals surface area contributed by atoms with Crippen LogP contribution in [0.1, 0.15) is 48.5 Å². The Morgan fingerprint density at radius 1 is 0.685 bits per heavy atom. The number of carboxylic acid groups (broad SMARTS) is 1. The number of fused-ring (bicyclic) bond motifs is 5. The second-order valence-electron chi connectivity index (χ2n) is 17.5. The zero-order valence-corrected chi connectivity index (χ0v) is 47.2. The molecule has 73 heavy (non-hydrogen) atoms. The number of hydrogen-bond acceptors (Lipinski definition) is 22. The number of aromatic nitrogens is 4. The fourth-order valence-electron chi connectivity index (χ4n) is 10.0. The summed E-state index contributed by atoms with van der Waals surface area (Å²) in [6, 6.07) is 2.92. The number of rotatable bonds is 12. The van der Waals surface area contributed by atoms with Crippen molar-refractivity contribution < 1.29 is 87.8 Å². The number of carboxylic acids is 1. The molecule has 3 amide bonds. The number of aliphatic carboxylic acids is 1. The number of amides is 3. The quantitative estimate of drug-likeness (QED) is 0.101. The molecule has 21 nitrogen and oxygen atoms in total. The zero-order valence-electron chi connectivity index (χ0n) is 40.1. The number of aliphatic hydroxyl groups excluding tert-OH is 3. The van der Waals surface area contributed by atoms with Gasteiger partial charge in [0.2, 0.25) is 34.9 Å². The second-order valence-corrected chi connectivity index (χ2v) is 23.3. The molecular weight excluding hydrogens is 1070 g/mol. The van der Waals surface area contributed by atoms with E-state index in [0.717, 1.165) is 30.3 Å². The predicted molar refractivity (Wildman–Crippen MR) is 266 cm³/mol. The number of nitrogens with zero attached hydrogens (tertiary/aromatic N) is 9. The number of β-lactam (4-membered cyclic amide) rings is 3. The summed E-state index contributed by atoms with van der Waals surface area (Å²) in [7, 11) is 9.91. The zero-order chi connectivity index (χ0) is 52.2. The average Bonchev–Trinajstić information content (AvgIpc) is 4.10. The normalized spacial score (nSPS) is 27.1. The third kappa shape index (κ3) is 10.3. The minimum atomic E-state index is -1.38. The van der Waals surface area contributed by atoms with Crippen molar-refractivity contribution in [3.05, 3.63) is 69.4 Å². The minimum Gasteiger partial charge on any atom is -0.543 e. The molecule has 0 spiro atoms. The van der Waals surface area contributed by atoms with Gasteiger partial charge in [0.05, 0.1) is 87.7 Å². The standard InChI is InChI=1S/C16H14BN4O4PS2.C16H15N3O4S2.C11H14BN2O4P.Na/c1-6-11-10(7(2)22)14(23)21(11)12(15(24)25-26-20-17)13(6)28-16-19-8-5-18-4-3-9(8)27-16;1-6-11-10(7(2)20)14(21)19(11)12(15(22)23)13(6)25-16-18-8-5-17-4-3-9(8)24-16;1-4-5(2)9(11(17)18-19-13-12)14-8(4)7(6(3)15)10(14)16;/h3-7,10-11,22H,1-2H3;3-7,10-11,20H,1-2H3,(H,22,23);4,6-8,15H,1-3H3;/q;;;+1/p-1/t2*6-,7-,10-,11-;4-,6+,7+,8+;/m110./s1. The average molecular weight is 1110 g/mol. The summed E-state index contributed by atoms with van der Waals surface area (Å²) in [5.41, 5.74) is 2.65. The molecule has 0 bridgehead atoms. The topological polar surface area (TPSA) is 291 Å². The molecule has 6 aliphatic heterocycles. The first kappa shape index (κ1) is 56.8. The first-order valence-electron chi connectivity index (χ1n) is 22.1. The maximum absolute atomic E-state index is 12.6. The Bertz CT molecular complexity index is 3000. The van der Waals surface area contributed by atoms with E-state index in [1.165, 1.54) is 60.9 Å². The molecule has 10 rings (SSSR count). The molecule has 0 aliphatic carbocycles. The molecule has 30 heteroatoms. The van der Waals surface area contributed by atoms with Gasteiger partial charge in [-0.1, -0.05) is 44.3 Å². The van der Waals surface area contributed by atoms with E-state index in [4.69, 9.17) is 25.0 Å². The van der Waals surface area contributed by atoms with Crippen molar-refractivity contribution in [1.29, 1.82) is 0 Å². The third-order valence-corrected chi connectivity index (χ3v) is 18.8. The molecule has 3 fully saturated rings. The van der Waals surface area contributed by atoms with Crippen LogP contribution in [-0.2, 0) is 37.8 Å². The maximum atomic E-state index is 12.6. The fourth-order valence-corrected chi connectivity index (χ4v) is 15.1. The van der Waals surface area contributed by atoms with Crippen molar-refractivity contribution in [2.24, 2.45) is 44.8 Å². The summed E-state index contributed by atoms with van der Waals surface area (Å²) >= 11 is 5.51. The van der Waals surface area contributed by atoms with E-state index in [0.29, 0.717) is 14.1 Å². The largest absolute Gasteiger partial charge is 1.00 e. The number of thiazole rings is 2. The van der Waals surface area contributed by atoms with Crippen LogP contribution in [0.25, 0.3) is 20.4 Å². The number of pyridine rings is 2. The molecular formula is C43H42B2N9NaO12P2S4. The number of hydrogen-bond donors (Lipinski definition) is 3. The first-order valence-corrected chi connectivity index (χ1v) is 26.9. The molecule has 10 heterocycles. The van der Waals surface area contributed by atoms with E-state index in [9.17, 15) is 49.2 Å². The number of carbonyl (C=O) groups excluding carboxylic acids is 6. The molecule has 12 atom stereocenters. The first-order chi connectivity index (χ1) is 34.2. The number of thioether (sulfide) groups is 2. The van der Waals surface area contributed by atoms with Crippen LogP contribution >= 0.6 is 63.4 Å².